The molecule has 1 heterocycles. The molecule has 166 valence electrons. The maximum Gasteiger partial charge on any atom is 0.416 e. The van der Waals surface area contributed by atoms with Crippen molar-refractivity contribution in [1.82, 2.24) is 5.32 Å². The van der Waals surface area contributed by atoms with Crippen molar-refractivity contribution < 1.29 is 32.2 Å². The second-order valence-corrected chi connectivity index (χ2v) is 7.30. The number of nitrogens with zero attached hydrogens (tertiary/aromatic N) is 1. The van der Waals surface area contributed by atoms with Gasteiger partial charge in [-0.1, -0.05) is 12.1 Å². The number of amides is 2. The highest BCUT2D eigenvalue weighted by Crippen LogP contribution is 2.36. The normalized spacial score (nSPS) is 17.4. The lowest BCUT2D eigenvalue weighted by molar-refractivity contribution is -0.137. The smallest absolute Gasteiger partial charge is 0.416 e. The first-order valence-electron chi connectivity index (χ1n) is 9.64. The summed E-state index contributed by atoms with van der Waals surface area (Å²) >= 11 is 0. The number of carbonyl (C=O) groups is 2. The van der Waals surface area contributed by atoms with Gasteiger partial charge in [0, 0.05) is 19.0 Å². The molecule has 2 atom stereocenters. The lowest BCUT2D eigenvalue weighted by Crippen LogP contribution is -2.34. The number of anilines is 1. The zero-order chi connectivity index (χ0) is 22.8. The van der Waals surface area contributed by atoms with E-state index in [2.05, 4.69) is 5.32 Å². The first kappa shape index (κ1) is 22.5. The average Bonchev–Trinajstić information content (AvgIpc) is 3.14. The Balaban J connectivity index is 1.71. The first-order valence-corrected chi connectivity index (χ1v) is 9.64. The van der Waals surface area contributed by atoms with Crippen LogP contribution < -0.4 is 19.7 Å². The average molecular weight is 436 g/mol. The summed E-state index contributed by atoms with van der Waals surface area (Å²) in [5.74, 6) is -0.265. The van der Waals surface area contributed by atoms with E-state index in [0.29, 0.717) is 22.7 Å². The molecule has 2 aromatic carbocycles. The van der Waals surface area contributed by atoms with Gasteiger partial charge in [0.2, 0.25) is 11.8 Å². The van der Waals surface area contributed by atoms with Crippen LogP contribution >= 0.6 is 0 Å². The van der Waals surface area contributed by atoms with E-state index in [1.54, 1.807) is 25.1 Å². The number of nitrogens with one attached hydrogen (secondary N) is 1. The molecule has 2 amide bonds. The van der Waals surface area contributed by atoms with Gasteiger partial charge in [-0.2, -0.15) is 13.2 Å². The molecule has 0 bridgehead atoms. The Labute approximate surface area is 177 Å². The molecule has 0 radical (unpaired) electrons. The van der Waals surface area contributed by atoms with Gasteiger partial charge in [0.05, 0.1) is 37.4 Å². The van der Waals surface area contributed by atoms with Gasteiger partial charge in [-0.05, 0) is 36.8 Å². The number of carbonyl (C=O) groups excluding carboxylic acids is 2. The summed E-state index contributed by atoms with van der Waals surface area (Å²) < 4.78 is 49.3. The van der Waals surface area contributed by atoms with Gasteiger partial charge in [-0.3, -0.25) is 9.59 Å². The summed E-state index contributed by atoms with van der Waals surface area (Å²) in [6.45, 7) is 1.75. The van der Waals surface area contributed by atoms with Crippen LogP contribution in [0.3, 0.4) is 0 Å². The van der Waals surface area contributed by atoms with Gasteiger partial charge in [-0.15, -0.1) is 0 Å². The predicted molar refractivity (Wildman–Crippen MR) is 108 cm³/mol. The molecule has 9 heteroatoms. The summed E-state index contributed by atoms with van der Waals surface area (Å²) in [5, 5.41) is 2.72. The third kappa shape index (κ3) is 4.92. The van der Waals surface area contributed by atoms with Crippen molar-refractivity contribution in [1.29, 1.82) is 0 Å². The highest BCUT2D eigenvalue weighted by molar-refractivity contribution is 6.01. The van der Waals surface area contributed by atoms with Crippen molar-refractivity contribution in [2.75, 3.05) is 25.7 Å². The van der Waals surface area contributed by atoms with Gasteiger partial charge in [0.1, 0.15) is 11.5 Å². The van der Waals surface area contributed by atoms with Crippen molar-refractivity contribution in [2.24, 2.45) is 5.92 Å². The largest absolute Gasteiger partial charge is 0.497 e. The van der Waals surface area contributed by atoms with Gasteiger partial charge < -0.3 is 19.7 Å². The summed E-state index contributed by atoms with van der Waals surface area (Å²) in [6, 6.07) is 9.19. The van der Waals surface area contributed by atoms with Crippen LogP contribution in [0.5, 0.6) is 11.5 Å². The Kier molecular flexibility index (Phi) is 6.42. The fourth-order valence-electron chi connectivity index (χ4n) is 3.52. The van der Waals surface area contributed by atoms with Crippen molar-refractivity contribution in [3.05, 3.63) is 53.6 Å². The van der Waals surface area contributed by atoms with E-state index in [0.717, 1.165) is 12.1 Å². The molecule has 0 saturated carbocycles. The molecule has 1 saturated heterocycles. The molecular weight excluding hydrogens is 413 g/mol. The van der Waals surface area contributed by atoms with Crippen molar-refractivity contribution in [3.63, 3.8) is 0 Å². The second-order valence-electron chi connectivity index (χ2n) is 7.30. The molecule has 1 N–H and O–H groups in total. The molecule has 31 heavy (non-hydrogen) atoms. The number of hydrogen-bond donors (Lipinski definition) is 1. The van der Waals surface area contributed by atoms with Crippen molar-refractivity contribution in [3.8, 4) is 11.5 Å². The SMILES string of the molecule is COc1ccc(N2C[C@H](C(=O)N[C@@H](C)c3cccc(C(F)(F)F)c3)CC2=O)c(OC)c1. The number of rotatable bonds is 6. The third-order valence-electron chi connectivity index (χ3n) is 5.25. The molecule has 1 aliphatic rings. The fraction of sp³-hybridized carbons (Fsp3) is 0.364. The van der Waals surface area contributed by atoms with Crippen molar-refractivity contribution >= 4 is 17.5 Å². The molecule has 3 rings (SSSR count). The van der Waals surface area contributed by atoms with Gasteiger partial charge >= 0.3 is 6.18 Å². The van der Waals surface area contributed by atoms with Gasteiger partial charge in [-0.25, -0.2) is 0 Å². The number of benzene rings is 2. The van der Waals surface area contributed by atoms with Crippen LogP contribution in [0.15, 0.2) is 42.5 Å². The number of alkyl halides is 3. The number of methoxy groups -OCH3 is 2. The minimum Gasteiger partial charge on any atom is -0.497 e. The summed E-state index contributed by atoms with van der Waals surface area (Å²) in [6.07, 6.45) is -4.47. The van der Waals surface area contributed by atoms with Crippen LogP contribution in [0.25, 0.3) is 0 Å². The van der Waals surface area contributed by atoms with Crippen LogP contribution in [0, 0.1) is 5.92 Å². The van der Waals surface area contributed by atoms with Crippen LogP contribution in [0.2, 0.25) is 0 Å². The molecule has 2 aromatic rings. The Bertz CT molecular complexity index is 977. The van der Waals surface area contributed by atoms with E-state index in [9.17, 15) is 22.8 Å². The third-order valence-corrected chi connectivity index (χ3v) is 5.25. The van der Waals surface area contributed by atoms with E-state index in [4.69, 9.17) is 9.47 Å². The Morgan fingerprint density at radius 3 is 2.55 bits per heavy atom. The maximum absolute atomic E-state index is 12.9. The Morgan fingerprint density at radius 1 is 1.16 bits per heavy atom. The summed E-state index contributed by atoms with van der Waals surface area (Å²) in [4.78, 5) is 26.8. The minimum absolute atomic E-state index is 0.00364. The zero-order valence-electron chi connectivity index (χ0n) is 17.3. The van der Waals surface area contributed by atoms with E-state index in [1.165, 1.54) is 31.3 Å². The van der Waals surface area contributed by atoms with Crippen LogP contribution in [0.1, 0.15) is 30.5 Å². The molecule has 0 aromatic heterocycles. The quantitative estimate of drug-likeness (QED) is 0.745. The number of ether oxygens (including phenoxy) is 2. The second kappa shape index (κ2) is 8.87. The maximum atomic E-state index is 12.9. The molecule has 0 aliphatic carbocycles. The summed E-state index contributed by atoms with van der Waals surface area (Å²) in [5.41, 5.74) is 0.0793. The molecule has 0 spiro atoms. The zero-order valence-corrected chi connectivity index (χ0v) is 17.3. The van der Waals surface area contributed by atoms with Crippen molar-refractivity contribution in [2.45, 2.75) is 25.6 Å². The van der Waals surface area contributed by atoms with E-state index < -0.39 is 29.6 Å². The van der Waals surface area contributed by atoms with Crippen LogP contribution in [0.4, 0.5) is 18.9 Å². The monoisotopic (exact) mass is 436 g/mol. The molecular formula is C22H23F3N2O4. The minimum atomic E-state index is -4.46. The topological polar surface area (TPSA) is 67.9 Å². The lowest BCUT2D eigenvalue weighted by Gasteiger charge is -2.21. The van der Waals surface area contributed by atoms with Gasteiger partial charge in [0.15, 0.2) is 0 Å². The van der Waals surface area contributed by atoms with Gasteiger partial charge in [0.25, 0.3) is 0 Å². The first-order chi connectivity index (χ1) is 14.6. The molecule has 1 fully saturated rings. The number of halogens is 3. The lowest BCUT2D eigenvalue weighted by atomic mass is 10.0. The predicted octanol–water partition coefficient (Wildman–Crippen LogP) is 3.95. The van der Waals surface area contributed by atoms with E-state index >= 15 is 0 Å². The highest BCUT2D eigenvalue weighted by atomic mass is 19.4. The Morgan fingerprint density at radius 2 is 1.90 bits per heavy atom. The highest BCUT2D eigenvalue weighted by Gasteiger charge is 2.37. The molecule has 0 unspecified atom stereocenters. The molecule has 6 nitrogen and oxygen atoms in total. The standard InChI is InChI=1S/C22H23F3N2O4/c1-13(14-5-4-6-16(9-14)22(23,24)25)26-21(29)15-10-20(28)27(12-15)18-8-7-17(30-2)11-19(18)31-3/h4-9,11,13,15H,10,12H2,1-3H3,(H,26,29)/t13-,15+/m0/s1. The van der Waals surface area contributed by atoms with Crippen LogP contribution in [-0.4, -0.2) is 32.6 Å². The molecule has 1 aliphatic heterocycles. The Hall–Kier alpha value is -3.23. The van der Waals surface area contributed by atoms with Crippen LogP contribution in [-0.2, 0) is 15.8 Å². The summed E-state index contributed by atoms with van der Waals surface area (Å²) in [7, 11) is 2.99. The fourth-order valence-corrected chi connectivity index (χ4v) is 3.52. The number of hydrogen-bond acceptors (Lipinski definition) is 4. The van der Waals surface area contributed by atoms with E-state index in [1.807, 2.05) is 0 Å². The van der Waals surface area contributed by atoms with E-state index in [-0.39, 0.29) is 18.9 Å².